The van der Waals surface area contributed by atoms with Crippen molar-refractivity contribution in [2.75, 3.05) is 46.4 Å². The summed E-state index contributed by atoms with van der Waals surface area (Å²) >= 11 is 0. The quantitative estimate of drug-likeness (QED) is 0.642. The fourth-order valence-corrected chi connectivity index (χ4v) is 4.19. The SMILES string of the molecule is COCCNS(=O)(=O)c1ccc(C(=O)N2CCN(C(C#N)C(C)C)CC2)cc1. The molecule has 1 atom stereocenters. The summed E-state index contributed by atoms with van der Waals surface area (Å²) in [4.78, 5) is 16.7. The molecule has 1 aromatic rings. The summed E-state index contributed by atoms with van der Waals surface area (Å²) < 4.78 is 31.6. The Morgan fingerprint density at radius 2 is 1.82 bits per heavy atom. The van der Waals surface area contributed by atoms with Crippen LogP contribution in [0.25, 0.3) is 0 Å². The van der Waals surface area contributed by atoms with Crippen LogP contribution in [0, 0.1) is 17.2 Å². The Hall–Kier alpha value is -1.99. The monoisotopic (exact) mass is 408 g/mol. The van der Waals surface area contributed by atoms with Gasteiger partial charge in [0.2, 0.25) is 10.0 Å². The van der Waals surface area contributed by atoms with E-state index in [1.54, 1.807) is 4.90 Å². The van der Waals surface area contributed by atoms with E-state index in [0.717, 1.165) is 0 Å². The number of sulfonamides is 1. The molecule has 0 bridgehead atoms. The number of hydrogen-bond acceptors (Lipinski definition) is 6. The number of amides is 1. The number of benzene rings is 1. The maximum absolute atomic E-state index is 12.7. The van der Waals surface area contributed by atoms with E-state index in [1.165, 1.54) is 31.4 Å². The number of nitrogens with one attached hydrogen (secondary N) is 1. The molecular weight excluding hydrogens is 380 g/mol. The molecule has 1 saturated heterocycles. The molecule has 9 heteroatoms. The van der Waals surface area contributed by atoms with Gasteiger partial charge in [-0.05, 0) is 30.2 Å². The van der Waals surface area contributed by atoms with Gasteiger partial charge in [0.15, 0.2) is 0 Å². The molecule has 1 unspecified atom stereocenters. The smallest absolute Gasteiger partial charge is 0.253 e. The van der Waals surface area contributed by atoms with Crippen LogP contribution in [0.4, 0.5) is 0 Å². The van der Waals surface area contributed by atoms with Gasteiger partial charge in [0.1, 0.15) is 6.04 Å². The maximum atomic E-state index is 12.7. The lowest BCUT2D eigenvalue weighted by atomic mass is 10.0. The molecule has 0 spiro atoms. The van der Waals surface area contributed by atoms with E-state index in [-0.39, 0.29) is 35.9 Å². The number of ether oxygens (including phenoxy) is 1. The third kappa shape index (κ3) is 5.52. The standard InChI is InChI=1S/C19H28N4O4S/c1-15(2)18(14-20)22-9-11-23(12-10-22)19(24)16-4-6-17(7-5-16)28(25,26)21-8-13-27-3/h4-7,15,18,21H,8-13H2,1-3H3. The van der Waals surface area contributed by atoms with E-state index in [4.69, 9.17) is 4.74 Å². The minimum absolute atomic E-state index is 0.110. The van der Waals surface area contributed by atoms with Crippen LogP contribution in [0.1, 0.15) is 24.2 Å². The van der Waals surface area contributed by atoms with Gasteiger partial charge in [0.05, 0.1) is 17.6 Å². The molecule has 1 N–H and O–H groups in total. The number of carbonyl (C=O) groups excluding carboxylic acids is 1. The summed E-state index contributed by atoms with van der Waals surface area (Å²) in [6.07, 6.45) is 0. The fourth-order valence-electron chi connectivity index (χ4n) is 3.18. The molecule has 0 saturated carbocycles. The summed E-state index contributed by atoms with van der Waals surface area (Å²) in [5.41, 5.74) is 0.449. The van der Waals surface area contributed by atoms with Crippen LogP contribution < -0.4 is 4.72 Å². The molecule has 154 valence electrons. The molecule has 28 heavy (non-hydrogen) atoms. The average molecular weight is 409 g/mol. The number of nitrogens with zero attached hydrogens (tertiary/aromatic N) is 3. The molecule has 1 fully saturated rings. The highest BCUT2D eigenvalue weighted by atomic mass is 32.2. The van der Waals surface area contributed by atoms with E-state index in [1.807, 2.05) is 13.8 Å². The predicted octanol–water partition coefficient (Wildman–Crippen LogP) is 0.917. The largest absolute Gasteiger partial charge is 0.383 e. The molecule has 1 aromatic carbocycles. The number of carbonyl (C=O) groups is 1. The Bertz CT molecular complexity index is 794. The zero-order chi connectivity index (χ0) is 20.7. The molecule has 1 aliphatic rings. The van der Waals surface area contributed by atoms with E-state index in [9.17, 15) is 18.5 Å². The van der Waals surface area contributed by atoms with Crippen LogP contribution in [0.15, 0.2) is 29.2 Å². The van der Waals surface area contributed by atoms with Crippen molar-refractivity contribution in [2.45, 2.75) is 24.8 Å². The maximum Gasteiger partial charge on any atom is 0.253 e. The van der Waals surface area contributed by atoms with Crippen molar-refractivity contribution < 1.29 is 17.9 Å². The molecular formula is C19H28N4O4S. The van der Waals surface area contributed by atoms with Crippen LogP contribution in [0.3, 0.4) is 0 Å². The first kappa shape index (κ1) is 22.3. The van der Waals surface area contributed by atoms with Crippen molar-refractivity contribution in [3.05, 3.63) is 29.8 Å². The van der Waals surface area contributed by atoms with Crippen molar-refractivity contribution in [1.29, 1.82) is 5.26 Å². The first-order chi connectivity index (χ1) is 13.3. The molecule has 0 aliphatic carbocycles. The zero-order valence-electron chi connectivity index (χ0n) is 16.6. The first-order valence-electron chi connectivity index (χ1n) is 9.31. The van der Waals surface area contributed by atoms with Gasteiger partial charge in [-0.3, -0.25) is 9.69 Å². The highest BCUT2D eigenvalue weighted by Gasteiger charge is 2.28. The Labute approximate surface area is 167 Å². The van der Waals surface area contributed by atoms with Gasteiger partial charge in [-0.2, -0.15) is 5.26 Å². The van der Waals surface area contributed by atoms with Crippen molar-refractivity contribution in [2.24, 2.45) is 5.92 Å². The van der Waals surface area contributed by atoms with Gasteiger partial charge < -0.3 is 9.64 Å². The molecule has 2 rings (SSSR count). The molecule has 1 amide bonds. The topological polar surface area (TPSA) is 103 Å². The fraction of sp³-hybridized carbons (Fsp3) is 0.579. The highest BCUT2D eigenvalue weighted by Crippen LogP contribution is 2.16. The van der Waals surface area contributed by atoms with Crippen LogP contribution >= 0.6 is 0 Å². The van der Waals surface area contributed by atoms with Gasteiger partial charge in [0, 0.05) is 45.4 Å². The van der Waals surface area contributed by atoms with E-state index < -0.39 is 10.0 Å². The summed E-state index contributed by atoms with van der Waals surface area (Å²) in [5.74, 6) is 0.105. The number of hydrogen-bond donors (Lipinski definition) is 1. The molecule has 1 heterocycles. The minimum Gasteiger partial charge on any atom is -0.383 e. The Balaban J connectivity index is 1.98. The van der Waals surface area contributed by atoms with Gasteiger partial charge in [-0.15, -0.1) is 0 Å². The zero-order valence-corrected chi connectivity index (χ0v) is 17.4. The van der Waals surface area contributed by atoms with Crippen LogP contribution in [-0.4, -0.2) is 76.6 Å². The number of nitriles is 1. The number of rotatable bonds is 8. The van der Waals surface area contributed by atoms with E-state index in [0.29, 0.717) is 31.7 Å². The molecule has 1 aliphatic heterocycles. The summed E-state index contributed by atoms with van der Waals surface area (Å²) in [6, 6.07) is 8.13. The lowest BCUT2D eigenvalue weighted by Gasteiger charge is -2.38. The highest BCUT2D eigenvalue weighted by molar-refractivity contribution is 7.89. The van der Waals surface area contributed by atoms with Crippen LogP contribution in [0.2, 0.25) is 0 Å². The van der Waals surface area contributed by atoms with Crippen molar-refractivity contribution in [3.63, 3.8) is 0 Å². The Kier molecular flexibility index (Phi) is 7.95. The number of methoxy groups -OCH3 is 1. The molecule has 8 nitrogen and oxygen atoms in total. The first-order valence-corrected chi connectivity index (χ1v) is 10.8. The number of piperazine rings is 1. The normalized spacial score (nSPS) is 16.8. The van der Waals surface area contributed by atoms with E-state index >= 15 is 0 Å². The van der Waals surface area contributed by atoms with E-state index in [2.05, 4.69) is 15.7 Å². The van der Waals surface area contributed by atoms with Gasteiger partial charge >= 0.3 is 0 Å². The molecule has 0 aromatic heterocycles. The Morgan fingerprint density at radius 3 is 2.32 bits per heavy atom. The Morgan fingerprint density at radius 1 is 1.21 bits per heavy atom. The minimum atomic E-state index is -3.62. The third-order valence-corrected chi connectivity index (χ3v) is 6.25. The van der Waals surface area contributed by atoms with Gasteiger partial charge in [-0.25, -0.2) is 13.1 Å². The van der Waals surface area contributed by atoms with Crippen LogP contribution in [0.5, 0.6) is 0 Å². The second-order valence-electron chi connectivity index (χ2n) is 7.06. The van der Waals surface area contributed by atoms with Crippen molar-refractivity contribution in [3.8, 4) is 6.07 Å². The predicted molar refractivity (Wildman–Crippen MR) is 105 cm³/mol. The summed E-state index contributed by atoms with van der Waals surface area (Å²) in [5, 5.41) is 9.33. The lowest BCUT2D eigenvalue weighted by Crippen LogP contribution is -2.52. The second-order valence-corrected chi connectivity index (χ2v) is 8.83. The van der Waals surface area contributed by atoms with Crippen molar-refractivity contribution >= 4 is 15.9 Å². The summed E-state index contributed by atoms with van der Waals surface area (Å²) in [7, 11) is -2.12. The second kappa shape index (κ2) is 9.98. The summed E-state index contributed by atoms with van der Waals surface area (Å²) in [6.45, 7) is 6.90. The van der Waals surface area contributed by atoms with Crippen LogP contribution in [-0.2, 0) is 14.8 Å². The third-order valence-electron chi connectivity index (χ3n) is 4.77. The van der Waals surface area contributed by atoms with Gasteiger partial charge in [-0.1, -0.05) is 13.8 Å². The average Bonchev–Trinajstić information content (AvgIpc) is 2.68. The lowest BCUT2D eigenvalue weighted by molar-refractivity contribution is 0.0576. The molecule has 0 radical (unpaired) electrons. The van der Waals surface area contributed by atoms with Crippen molar-refractivity contribution in [1.82, 2.24) is 14.5 Å². The van der Waals surface area contributed by atoms with Gasteiger partial charge in [0.25, 0.3) is 5.91 Å².